The van der Waals surface area contributed by atoms with Crippen LogP contribution >= 0.6 is 11.8 Å². The van der Waals surface area contributed by atoms with Gasteiger partial charge in [0.25, 0.3) is 0 Å². The minimum Gasteiger partial charge on any atom is -0.387 e. The van der Waals surface area contributed by atoms with E-state index < -0.39 is 6.10 Å². The van der Waals surface area contributed by atoms with Crippen molar-refractivity contribution in [2.75, 3.05) is 0 Å². The Bertz CT molecular complexity index is 552. The molecular weight excluding hydrogens is 262 g/mol. The van der Waals surface area contributed by atoms with Crippen molar-refractivity contribution < 1.29 is 5.11 Å². The van der Waals surface area contributed by atoms with E-state index in [4.69, 9.17) is 0 Å². The van der Waals surface area contributed by atoms with E-state index in [2.05, 4.69) is 20.5 Å². The van der Waals surface area contributed by atoms with E-state index in [1.807, 2.05) is 23.7 Å². The Morgan fingerprint density at radius 1 is 1.47 bits per heavy atom. The Morgan fingerprint density at radius 3 is 2.95 bits per heavy atom. The highest BCUT2D eigenvalue weighted by molar-refractivity contribution is 7.99. The van der Waals surface area contributed by atoms with Gasteiger partial charge in [0, 0.05) is 11.1 Å². The predicted octanol–water partition coefficient (Wildman–Crippen LogP) is 2.00. The molecule has 1 aliphatic carbocycles. The second-order valence-electron chi connectivity index (χ2n) is 4.58. The number of rotatable bonds is 5. The van der Waals surface area contributed by atoms with Crippen molar-refractivity contribution in [1.29, 1.82) is 0 Å². The third kappa shape index (κ3) is 2.76. The van der Waals surface area contributed by atoms with Crippen molar-refractivity contribution in [2.45, 2.75) is 48.4 Å². The second kappa shape index (κ2) is 5.26. The summed E-state index contributed by atoms with van der Waals surface area (Å²) in [6.07, 6.45) is 4.23. The third-order valence-corrected chi connectivity index (χ3v) is 3.98. The van der Waals surface area contributed by atoms with Gasteiger partial charge in [-0.2, -0.15) is 0 Å². The normalized spacial score (nSPS) is 16.5. The molecule has 1 N–H and O–H groups in total. The molecule has 1 fully saturated rings. The molecule has 2 aromatic heterocycles. The maximum Gasteiger partial charge on any atom is 0.214 e. The Balaban J connectivity index is 1.74. The van der Waals surface area contributed by atoms with Crippen LogP contribution in [0.4, 0.5) is 0 Å². The summed E-state index contributed by atoms with van der Waals surface area (Å²) in [5, 5.41) is 22.3. The first-order valence-electron chi connectivity index (χ1n) is 6.37. The molecule has 0 radical (unpaired) electrons. The van der Waals surface area contributed by atoms with Crippen LogP contribution in [-0.4, -0.2) is 30.3 Å². The molecule has 2 aromatic rings. The molecule has 100 valence electrons. The Labute approximate surface area is 115 Å². The Kier molecular flexibility index (Phi) is 3.48. The number of pyridine rings is 1. The summed E-state index contributed by atoms with van der Waals surface area (Å²) in [6.45, 7) is 1.93. The number of aliphatic hydroxyl groups is 1. The van der Waals surface area contributed by atoms with Crippen molar-refractivity contribution >= 4 is 11.8 Å². The smallest absolute Gasteiger partial charge is 0.214 e. The van der Waals surface area contributed by atoms with E-state index in [0.717, 1.165) is 22.9 Å². The van der Waals surface area contributed by atoms with Gasteiger partial charge in [0.1, 0.15) is 0 Å². The molecule has 1 atom stereocenters. The molecule has 2 heterocycles. The molecule has 0 bridgehead atoms. The zero-order chi connectivity index (χ0) is 13.2. The average Bonchev–Trinajstić information content (AvgIpc) is 3.19. The third-order valence-electron chi connectivity index (χ3n) is 3.05. The first-order chi connectivity index (χ1) is 9.28. The van der Waals surface area contributed by atoms with Crippen LogP contribution < -0.4 is 0 Å². The fraction of sp³-hybridized carbons (Fsp3) is 0.500. The van der Waals surface area contributed by atoms with Crippen LogP contribution in [-0.2, 0) is 0 Å². The first-order valence-corrected chi connectivity index (χ1v) is 7.19. The highest BCUT2D eigenvalue weighted by atomic mass is 32.2. The predicted molar refractivity (Wildman–Crippen MR) is 69.7 cm³/mol. The minimum atomic E-state index is -0.490. The van der Waals surface area contributed by atoms with Crippen molar-refractivity contribution in [3.05, 3.63) is 24.0 Å². The van der Waals surface area contributed by atoms with E-state index >= 15 is 0 Å². The average molecular weight is 277 g/mol. The van der Waals surface area contributed by atoms with E-state index in [1.54, 1.807) is 6.20 Å². The first kappa shape index (κ1) is 12.6. The van der Waals surface area contributed by atoms with Gasteiger partial charge in [-0.25, -0.2) is 4.68 Å². The quantitative estimate of drug-likeness (QED) is 0.900. The summed E-state index contributed by atoms with van der Waals surface area (Å²) < 4.78 is 1.87. The fourth-order valence-electron chi connectivity index (χ4n) is 1.76. The highest BCUT2D eigenvalue weighted by Gasteiger charge is 2.28. The highest BCUT2D eigenvalue weighted by Crippen LogP contribution is 2.37. The number of aliphatic hydroxyl groups excluding tert-OH is 1. The zero-order valence-corrected chi connectivity index (χ0v) is 11.4. The lowest BCUT2D eigenvalue weighted by atomic mass is 10.2. The molecule has 0 aliphatic heterocycles. The minimum absolute atomic E-state index is 0.464. The lowest BCUT2D eigenvalue weighted by molar-refractivity contribution is 0.169. The van der Waals surface area contributed by atoms with Gasteiger partial charge in [0.2, 0.25) is 5.16 Å². The van der Waals surface area contributed by atoms with Crippen molar-refractivity contribution in [3.8, 4) is 0 Å². The molecule has 0 amide bonds. The standard InChI is InChI=1S/C12H15N5OS/c1-2-11(18)10-6-5-9(7-13-10)19-12-14-15-16-17(12)8-3-4-8/h5-8,11,18H,2-4H2,1H3/t11-/m1/s1. The van der Waals surface area contributed by atoms with Gasteiger partial charge < -0.3 is 5.11 Å². The summed E-state index contributed by atoms with van der Waals surface area (Å²) in [5.41, 5.74) is 0.702. The number of aromatic nitrogens is 5. The van der Waals surface area contributed by atoms with Gasteiger partial charge in [-0.3, -0.25) is 4.98 Å². The lowest BCUT2D eigenvalue weighted by Crippen LogP contribution is -1.99. The SMILES string of the molecule is CC[C@@H](O)c1ccc(Sc2nnnn2C2CC2)cn1. The molecule has 6 nitrogen and oxygen atoms in total. The van der Waals surface area contributed by atoms with Crippen LogP contribution in [0.2, 0.25) is 0 Å². The van der Waals surface area contributed by atoms with Gasteiger partial charge >= 0.3 is 0 Å². The summed E-state index contributed by atoms with van der Waals surface area (Å²) in [5.74, 6) is 0. The van der Waals surface area contributed by atoms with E-state index in [1.165, 1.54) is 11.8 Å². The fourth-order valence-corrected chi connectivity index (χ4v) is 2.57. The summed E-state index contributed by atoms with van der Waals surface area (Å²) in [6, 6.07) is 4.26. The van der Waals surface area contributed by atoms with E-state index in [9.17, 15) is 5.11 Å². The Morgan fingerprint density at radius 2 is 2.32 bits per heavy atom. The molecule has 19 heavy (non-hydrogen) atoms. The molecule has 0 spiro atoms. The number of hydrogen-bond donors (Lipinski definition) is 1. The van der Waals surface area contributed by atoms with Crippen LogP contribution in [0.25, 0.3) is 0 Å². The maximum atomic E-state index is 9.70. The molecule has 1 saturated carbocycles. The topological polar surface area (TPSA) is 76.7 Å². The van der Waals surface area contributed by atoms with Crippen molar-refractivity contribution in [3.63, 3.8) is 0 Å². The van der Waals surface area contributed by atoms with Crippen molar-refractivity contribution in [2.24, 2.45) is 0 Å². The van der Waals surface area contributed by atoms with Gasteiger partial charge in [-0.15, -0.1) is 5.10 Å². The molecule has 7 heteroatoms. The number of hydrogen-bond acceptors (Lipinski definition) is 6. The van der Waals surface area contributed by atoms with Gasteiger partial charge in [0.15, 0.2) is 0 Å². The molecule has 3 rings (SSSR count). The monoisotopic (exact) mass is 277 g/mol. The van der Waals surface area contributed by atoms with E-state index in [0.29, 0.717) is 18.2 Å². The van der Waals surface area contributed by atoms with Gasteiger partial charge in [0.05, 0.1) is 17.8 Å². The maximum absolute atomic E-state index is 9.70. The summed E-state index contributed by atoms with van der Waals surface area (Å²) in [4.78, 5) is 5.25. The summed E-state index contributed by atoms with van der Waals surface area (Å²) in [7, 11) is 0. The van der Waals surface area contributed by atoms with Crippen LogP contribution in [0.5, 0.6) is 0 Å². The van der Waals surface area contributed by atoms with Crippen LogP contribution in [0.1, 0.15) is 44.0 Å². The molecule has 0 saturated heterocycles. The lowest BCUT2D eigenvalue weighted by Gasteiger charge is -2.07. The molecule has 0 unspecified atom stereocenters. The van der Waals surface area contributed by atoms with Crippen LogP contribution in [0.3, 0.4) is 0 Å². The van der Waals surface area contributed by atoms with Crippen molar-refractivity contribution in [1.82, 2.24) is 25.2 Å². The largest absolute Gasteiger partial charge is 0.387 e. The summed E-state index contributed by atoms with van der Waals surface area (Å²) >= 11 is 1.50. The Hall–Kier alpha value is -1.47. The van der Waals surface area contributed by atoms with Crippen LogP contribution in [0.15, 0.2) is 28.4 Å². The van der Waals surface area contributed by atoms with Gasteiger partial charge in [-0.1, -0.05) is 6.92 Å². The van der Waals surface area contributed by atoms with E-state index in [-0.39, 0.29) is 0 Å². The van der Waals surface area contributed by atoms with Crippen LogP contribution in [0, 0.1) is 0 Å². The molecule has 0 aromatic carbocycles. The number of tetrazole rings is 1. The van der Waals surface area contributed by atoms with Gasteiger partial charge in [-0.05, 0) is 53.6 Å². The zero-order valence-electron chi connectivity index (χ0n) is 10.6. The second-order valence-corrected chi connectivity index (χ2v) is 5.62. The molecular formula is C12H15N5OS. The molecule has 1 aliphatic rings. The number of nitrogens with zero attached hydrogens (tertiary/aromatic N) is 5.